The molecule has 64 valence electrons. The van der Waals surface area contributed by atoms with Gasteiger partial charge >= 0.3 is 0 Å². The fourth-order valence-electron chi connectivity index (χ4n) is 1.10. The summed E-state index contributed by atoms with van der Waals surface area (Å²) < 4.78 is 26.0. The van der Waals surface area contributed by atoms with Gasteiger partial charge in [0.05, 0.1) is 4.70 Å². The van der Waals surface area contributed by atoms with E-state index in [4.69, 9.17) is 5.26 Å². The highest BCUT2D eigenvalue weighted by Crippen LogP contribution is 2.28. The highest BCUT2D eigenvalue weighted by Gasteiger charge is 2.10. The molecule has 1 aromatic heterocycles. The Morgan fingerprint density at radius 1 is 1.31 bits per heavy atom. The van der Waals surface area contributed by atoms with Crippen LogP contribution in [0.25, 0.3) is 10.1 Å². The molecule has 1 nitrogen and oxygen atoms in total. The number of nitrogens with zero attached hydrogens (tertiary/aromatic N) is 1. The van der Waals surface area contributed by atoms with E-state index in [1.54, 1.807) is 6.07 Å². The van der Waals surface area contributed by atoms with Gasteiger partial charge in [-0.2, -0.15) is 5.26 Å². The van der Waals surface area contributed by atoms with Crippen LogP contribution in [0, 0.1) is 23.0 Å². The summed E-state index contributed by atoms with van der Waals surface area (Å²) in [5.74, 6) is -1.75. The van der Waals surface area contributed by atoms with Crippen LogP contribution in [0.15, 0.2) is 18.2 Å². The third-order valence-electron chi connectivity index (χ3n) is 1.69. The molecular weight excluding hydrogens is 192 g/mol. The Kier molecular flexibility index (Phi) is 1.74. The molecule has 0 aliphatic carbocycles. The Morgan fingerprint density at radius 3 is 2.77 bits per heavy atom. The molecule has 0 saturated carbocycles. The Balaban J connectivity index is 2.86. The van der Waals surface area contributed by atoms with Crippen LogP contribution in [0.2, 0.25) is 0 Å². The third-order valence-corrected chi connectivity index (χ3v) is 2.74. The van der Waals surface area contributed by atoms with Gasteiger partial charge in [-0.3, -0.25) is 0 Å². The second kappa shape index (κ2) is 2.79. The molecule has 2 aromatic rings. The summed E-state index contributed by atoms with van der Waals surface area (Å²) >= 11 is 0.962. The maximum Gasteiger partial charge on any atom is 0.176 e. The van der Waals surface area contributed by atoms with Gasteiger partial charge in [0.25, 0.3) is 0 Å². The van der Waals surface area contributed by atoms with Crippen molar-refractivity contribution in [1.82, 2.24) is 0 Å². The largest absolute Gasteiger partial charge is 0.204 e. The monoisotopic (exact) mass is 195 g/mol. The standard InChI is InChI=1S/C9H3F2NS/c10-7-2-1-5-3-6(4-12)13-9(5)8(7)11/h1-3H. The fraction of sp³-hybridized carbons (Fsp3) is 0. The lowest BCUT2D eigenvalue weighted by Crippen LogP contribution is -1.80. The average molecular weight is 195 g/mol. The maximum absolute atomic E-state index is 13.1. The van der Waals surface area contributed by atoms with Gasteiger partial charge in [0.15, 0.2) is 11.6 Å². The fourth-order valence-corrected chi connectivity index (χ4v) is 1.98. The lowest BCUT2D eigenvalue weighted by molar-refractivity contribution is 0.518. The number of benzene rings is 1. The number of halogens is 2. The van der Waals surface area contributed by atoms with Crippen molar-refractivity contribution in [2.24, 2.45) is 0 Å². The SMILES string of the molecule is N#Cc1cc2ccc(F)c(F)c2s1. The van der Waals surface area contributed by atoms with Crippen molar-refractivity contribution >= 4 is 21.4 Å². The van der Waals surface area contributed by atoms with Gasteiger partial charge < -0.3 is 0 Å². The molecule has 0 bridgehead atoms. The summed E-state index contributed by atoms with van der Waals surface area (Å²) in [7, 11) is 0. The topological polar surface area (TPSA) is 23.8 Å². The van der Waals surface area contributed by atoms with Gasteiger partial charge in [-0.25, -0.2) is 8.78 Å². The predicted octanol–water partition coefficient (Wildman–Crippen LogP) is 3.05. The number of hydrogen-bond acceptors (Lipinski definition) is 2. The maximum atomic E-state index is 13.1. The first-order valence-electron chi connectivity index (χ1n) is 3.50. The zero-order valence-electron chi connectivity index (χ0n) is 6.34. The van der Waals surface area contributed by atoms with Gasteiger partial charge in [-0.15, -0.1) is 11.3 Å². The van der Waals surface area contributed by atoms with Crippen LogP contribution in [0.1, 0.15) is 4.88 Å². The lowest BCUT2D eigenvalue weighted by Gasteiger charge is -1.91. The Hall–Kier alpha value is -1.47. The van der Waals surface area contributed by atoms with Crippen LogP contribution in [0.5, 0.6) is 0 Å². The first-order chi connectivity index (χ1) is 6.22. The van der Waals surface area contributed by atoms with Crippen LogP contribution in [0.4, 0.5) is 8.78 Å². The molecule has 0 amide bonds. The zero-order chi connectivity index (χ0) is 9.42. The summed E-state index contributed by atoms with van der Waals surface area (Å²) in [5.41, 5.74) is 0. The summed E-state index contributed by atoms with van der Waals surface area (Å²) in [5, 5.41) is 9.11. The molecule has 0 aliphatic heterocycles. The van der Waals surface area contributed by atoms with E-state index >= 15 is 0 Å². The minimum Gasteiger partial charge on any atom is -0.204 e. The average Bonchev–Trinajstić information content (AvgIpc) is 2.55. The van der Waals surface area contributed by atoms with Crippen LogP contribution < -0.4 is 0 Å². The van der Waals surface area contributed by atoms with Crippen molar-refractivity contribution < 1.29 is 8.78 Å². The summed E-state index contributed by atoms with van der Waals surface area (Å²) in [6, 6.07) is 5.96. The van der Waals surface area contributed by atoms with Gasteiger partial charge in [-0.1, -0.05) is 6.07 Å². The Labute approximate surface area is 76.8 Å². The van der Waals surface area contributed by atoms with E-state index in [1.165, 1.54) is 6.07 Å². The Morgan fingerprint density at radius 2 is 2.08 bits per heavy atom. The molecule has 1 aromatic carbocycles. The number of nitriles is 1. The minimum atomic E-state index is -0.876. The number of thiophene rings is 1. The molecule has 0 atom stereocenters. The van der Waals surface area contributed by atoms with Gasteiger partial charge in [0, 0.05) is 0 Å². The van der Waals surface area contributed by atoms with E-state index in [0.717, 1.165) is 17.4 Å². The van der Waals surface area contributed by atoms with E-state index in [9.17, 15) is 8.78 Å². The van der Waals surface area contributed by atoms with Crippen LogP contribution in [0.3, 0.4) is 0 Å². The van der Waals surface area contributed by atoms with Crippen molar-refractivity contribution in [3.05, 3.63) is 34.7 Å². The molecule has 4 heteroatoms. The first kappa shape index (κ1) is 8.14. The molecule has 0 spiro atoms. The van der Waals surface area contributed by atoms with Crippen molar-refractivity contribution in [3.63, 3.8) is 0 Å². The highest BCUT2D eigenvalue weighted by molar-refractivity contribution is 7.19. The molecule has 1 heterocycles. The summed E-state index contributed by atoms with van der Waals surface area (Å²) in [4.78, 5) is 0.388. The van der Waals surface area contributed by atoms with E-state index in [2.05, 4.69) is 0 Å². The molecule has 0 radical (unpaired) electrons. The minimum absolute atomic E-state index is 0.205. The summed E-state index contributed by atoms with van der Waals surface area (Å²) in [6.07, 6.45) is 0. The van der Waals surface area contributed by atoms with Crippen LogP contribution in [-0.4, -0.2) is 0 Å². The van der Waals surface area contributed by atoms with Crippen molar-refractivity contribution in [2.75, 3.05) is 0 Å². The third kappa shape index (κ3) is 1.18. The van der Waals surface area contributed by atoms with Gasteiger partial charge in [0.2, 0.25) is 0 Å². The quantitative estimate of drug-likeness (QED) is 0.633. The highest BCUT2D eigenvalue weighted by atomic mass is 32.1. The zero-order valence-corrected chi connectivity index (χ0v) is 7.16. The first-order valence-corrected chi connectivity index (χ1v) is 4.31. The van der Waals surface area contributed by atoms with Crippen LogP contribution >= 0.6 is 11.3 Å². The predicted molar refractivity (Wildman–Crippen MR) is 46.5 cm³/mol. The number of hydrogen-bond donors (Lipinski definition) is 0. The van der Waals surface area contributed by atoms with E-state index < -0.39 is 11.6 Å². The van der Waals surface area contributed by atoms with Gasteiger partial charge in [0.1, 0.15) is 10.9 Å². The Bertz CT molecular complexity index is 510. The molecule has 0 saturated heterocycles. The molecule has 0 aliphatic rings. The number of rotatable bonds is 0. The van der Waals surface area contributed by atoms with Crippen molar-refractivity contribution in [3.8, 4) is 6.07 Å². The molecule has 13 heavy (non-hydrogen) atoms. The molecule has 2 rings (SSSR count). The van der Waals surface area contributed by atoms with Gasteiger partial charge in [-0.05, 0) is 17.5 Å². The summed E-state index contributed by atoms with van der Waals surface area (Å²) in [6.45, 7) is 0. The smallest absolute Gasteiger partial charge is 0.176 e. The molecule has 0 fully saturated rings. The van der Waals surface area contributed by atoms with Crippen LogP contribution in [-0.2, 0) is 0 Å². The van der Waals surface area contributed by atoms with Crippen molar-refractivity contribution in [2.45, 2.75) is 0 Å². The van der Waals surface area contributed by atoms with Crippen molar-refractivity contribution in [1.29, 1.82) is 5.26 Å². The van der Waals surface area contributed by atoms with E-state index in [-0.39, 0.29) is 4.70 Å². The number of fused-ring (bicyclic) bond motifs is 1. The molecular formula is C9H3F2NS. The van der Waals surface area contributed by atoms with E-state index in [0.29, 0.717) is 10.3 Å². The lowest BCUT2D eigenvalue weighted by atomic mass is 10.2. The second-order valence-corrected chi connectivity index (χ2v) is 3.55. The van der Waals surface area contributed by atoms with E-state index in [1.807, 2.05) is 6.07 Å². The molecule has 0 unspecified atom stereocenters. The molecule has 0 N–H and O–H groups in total. The normalized spacial score (nSPS) is 10.2. The second-order valence-electron chi connectivity index (χ2n) is 2.50.